The molecule has 0 aliphatic heterocycles. The molecule has 0 aromatic carbocycles. The van der Waals surface area contributed by atoms with Crippen molar-refractivity contribution >= 4 is 5.97 Å². The van der Waals surface area contributed by atoms with Gasteiger partial charge >= 0.3 is 0 Å². The van der Waals surface area contributed by atoms with E-state index in [1.807, 2.05) is 13.8 Å². The number of carboxylic acids is 1. The summed E-state index contributed by atoms with van der Waals surface area (Å²) in [4.78, 5) is 9.00. The standard InChI is InChI=1S/C4H10O2.C4H10O.C2H4O2/c1-3(5)4(2)6;1-3-5-4-2;1-2(3)4/h3-6H,1-2H3;3-4H2,1-2H3;1H3,(H,3,4). The number of aliphatic carboxylic acids is 1. The molecular weight excluding hydrogens is 200 g/mol. The van der Waals surface area contributed by atoms with Gasteiger partial charge in [-0.25, -0.2) is 0 Å². The summed E-state index contributed by atoms with van der Waals surface area (Å²) < 4.78 is 4.83. The number of carboxylic acid groups (broad SMARTS) is 1. The van der Waals surface area contributed by atoms with Gasteiger partial charge in [-0.3, -0.25) is 4.79 Å². The van der Waals surface area contributed by atoms with Crippen molar-refractivity contribution in [2.45, 2.75) is 46.8 Å². The average molecular weight is 224 g/mol. The number of aliphatic hydroxyl groups excluding tert-OH is 2. The first-order chi connectivity index (χ1) is 6.79. The van der Waals surface area contributed by atoms with Crippen LogP contribution in [0.15, 0.2) is 0 Å². The van der Waals surface area contributed by atoms with Crippen LogP contribution in [0.1, 0.15) is 34.6 Å². The molecule has 0 saturated carbocycles. The maximum absolute atomic E-state index is 9.00. The van der Waals surface area contributed by atoms with Crippen LogP contribution in [0.5, 0.6) is 0 Å². The highest BCUT2D eigenvalue weighted by Crippen LogP contribution is 1.85. The first-order valence-electron chi connectivity index (χ1n) is 4.92. The predicted octanol–water partition coefficient (Wildman–Crippen LogP) is 0.882. The number of ether oxygens (including phenoxy) is 1. The van der Waals surface area contributed by atoms with Crippen LogP contribution < -0.4 is 0 Å². The summed E-state index contributed by atoms with van der Waals surface area (Å²) in [6.07, 6.45) is -1.19. The summed E-state index contributed by atoms with van der Waals surface area (Å²) >= 11 is 0. The number of hydrogen-bond donors (Lipinski definition) is 3. The minimum absolute atomic E-state index is 0.593. The van der Waals surface area contributed by atoms with E-state index in [-0.39, 0.29) is 0 Å². The topological polar surface area (TPSA) is 87.0 Å². The van der Waals surface area contributed by atoms with Gasteiger partial charge in [0.15, 0.2) is 0 Å². The van der Waals surface area contributed by atoms with Gasteiger partial charge in [0.25, 0.3) is 5.97 Å². The lowest BCUT2D eigenvalue weighted by molar-refractivity contribution is -0.134. The van der Waals surface area contributed by atoms with Gasteiger partial charge in [-0.15, -0.1) is 0 Å². The van der Waals surface area contributed by atoms with Crippen LogP contribution in [0.4, 0.5) is 0 Å². The van der Waals surface area contributed by atoms with E-state index in [0.29, 0.717) is 0 Å². The number of hydrogen-bond acceptors (Lipinski definition) is 4. The van der Waals surface area contributed by atoms with Gasteiger partial charge < -0.3 is 20.1 Å². The van der Waals surface area contributed by atoms with Crippen molar-refractivity contribution in [3.8, 4) is 0 Å². The van der Waals surface area contributed by atoms with Crippen LogP contribution in [0, 0.1) is 0 Å². The molecule has 2 unspecified atom stereocenters. The summed E-state index contributed by atoms with van der Waals surface area (Å²) in [6, 6.07) is 0. The van der Waals surface area contributed by atoms with E-state index in [1.165, 1.54) is 0 Å². The molecular formula is C10H24O5. The monoisotopic (exact) mass is 224 g/mol. The fraction of sp³-hybridized carbons (Fsp3) is 0.900. The zero-order valence-corrected chi connectivity index (χ0v) is 10.2. The Morgan fingerprint density at radius 1 is 1.13 bits per heavy atom. The molecule has 94 valence electrons. The van der Waals surface area contributed by atoms with E-state index in [0.717, 1.165) is 20.1 Å². The lowest BCUT2D eigenvalue weighted by Crippen LogP contribution is -2.17. The molecule has 0 amide bonds. The minimum Gasteiger partial charge on any atom is -0.481 e. The Morgan fingerprint density at radius 3 is 1.33 bits per heavy atom. The second-order valence-electron chi connectivity index (χ2n) is 2.78. The number of rotatable bonds is 3. The summed E-state index contributed by atoms with van der Waals surface area (Å²) in [5.41, 5.74) is 0. The Hall–Kier alpha value is -0.650. The smallest absolute Gasteiger partial charge is 0.300 e. The lowest BCUT2D eigenvalue weighted by atomic mass is 10.3. The van der Waals surface area contributed by atoms with Crippen LogP contribution in [-0.4, -0.2) is 46.7 Å². The third-order valence-corrected chi connectivity index (χ3v) is 1.11. The third-order valence-electron chi connectivity index (χ3n) is 1.11. The van der Waals surface area contributed by atoms with Crippen LogP contribution in [0.2, 0.25) is 0 Å². The summed E-state index contributed by atoms with van der Waals surface area (Å²) in [5.74, 6) is -0.833. The molecule has 0 saturated heterocycles. The Labute approximate surface area is 91.7 Å². The van der Waals surface area contributed by atoms with Crippen LogP contribution in [0.3, 0.4) is 0 Å². The summed E-state index contributed by atoms with van der Waals surface area (Å²) in [6.45, 7) is 9.84. The van der Waals surface area contributed by atoms with Crippen molar-refractivity contribution in [2.24, 2.45) is 0 Å². The highest BCUT2D eigenvalue weighted by Gasteiger charge is 1.99. The molecule has 0 aliphatic carbocycles. The van der Waals surface area contributed by atoms with E-state index >= 15 is 0 Å². The Morgan fingerprint density at radius 2 is 1.33 bits per heavy atom. The maximum atomic E-state index is 9.00. The molecule has 15 heavy (non-hydrogen) atoms. The normalized spacial score (nSPS) is 12.5. The van der Waals surface area contributed by atoms with Gasteiger partial charge in [0.05, 0.1) is 12.2 Å². The highest BCUT2D eigenvalue weighted by atomic mass is 16.5. The first kappa shape index (κ1) is 19.9. The van der Waals surface area contributed by atoms with E-state index in [1.54, 1.807) is 13.8 Å². The van der Waals surface area contributed by atoms with Crippen LogP contribution in [-0.2, 0) is 9.53 Å². The average Bonchev–Trinajstić information content (AvgIpc) is 2.05. The zero-order chi connectivity index (χ0) is 12.9. The molecule has 0 spiro atoms. The van der Waals surface area contributed by atoms with Crippen molar-refractivity contribution in [3.63, 3.8) is 0 Å². The van der Waals surface area contributed by atoms with Gasteiger partial charge in [-0.05, 0) is 27.7 Å². The molecule has 0 fully saturated rings. The first-order valence-corrected chi connectivity index (χ1v) is 4.92. The lowest BCUT2D eigenvalue weighted by Gasteiger charge is -2.03. The Kier molecular flexibility index (Phi) is 20.9. The molecule has 2 atom stereocenters. The second kappa shape index (κ2) is 15.8. The fourth-order valence-corrected chi connectivity index (χ4v) is 0.204. The quantitative estimate of drug-likeness (QED) is 0.662. The third kappa shape index (κ3) is 60.1. The largest absolute Gasteiger partial charge is 0.481 e. The highest BCUT2D eigenvalue weighted by molar-refractivity contribution is 5.62. The summed E-state index contributed by atoms with van der Waals surface area (Å²) in [7, 11) is 0. The molecule has 0 rings (SSSR count). The van der Waals surface area contributed by atoms with E-state index in [9.17, 15) is 0 Å². The summed E-state index contributed by atoms with van der Waals surface area (Å²) in [5, 5.41) is 24.2. The fourth-order valence-electron chi connectivity index (χ4n) is 0.204. The molecule has 5 nitrogen and oxygen atoms in total. The molecule has 0 aromatic rings. The zero-order valence-electron chi connectivity index (χ0n) is 10.2. The van der Waals surface area contributed by atoms with Crippen molar-refractivity contribution in [1.82, 2.24) is 0 Å². The van der Waals surface area contributed by atoms with Gasteiger partial charge in [0.2, 0.25) is 0 Å². The van der Waals surface area contributed by atoms with Crippen molar-refractivity contribution in [1.29, 1.82) is 0 Å². The SMILES string of the molecule is CC(=O)O.CC(O)C(C)O.CCOCC. The van der Waals surface area contributed by atoms with Gasteiger partial charge in [0, 0.05) is 20.1 Å². The van der Waals surface area contributed by atoms with Crippen molar-refractivity contribution in [2.75, 3.05) is 13.2 Å². The van der Waals surface area contributed by atoms with Crippen molar-refractivity contribution in [3.05, 3.63) is 0 Å². The van der Waals surface area contributed by atoms with Gasteiger partial charge in [-0.1, -0.05) is 0 Å². The Balaban J connectivity index is -0.000000147. The molecule has 0 bridgehead atoms. The van der Waals surface area contributed by atoms with Crippen LogP contribution >= 0.6 is 0 Å². The van der Waals surface area contributed by atoms with E-state index in [4.69, 9.17) is 24.9 Å². The predicted molar refractivity (Wildman–Crippen MR) is 58.8 cm³/mol. The molecule has 0 radical (unpaired) electrons. The maximum Gasteiger partial charge on any atom is 0.300 e. The second-order valence-corrected chi connectivity index (χ2v) is 2.78. The molecule has 0 aliphatic rings. The number of carbonyl (C=O) groups is 1. The Bertz CT molecular complexity index is 111. The minimum atomic E-state index is -0.833. The number of aliphatic hydroxyl groups is 2. The van der Waals surface area contributed by atoms with Gasteiger partial charge in [0.1, 0.15) is 0 Å². The molecule has 0 aromatic heterocycles. The van der Waals surface area contributed by atoms with E-state index in [2.05, 4.69) is 0 Å². The molecule has 0 heterocycles. The van der Waals surface area contributed by atoms with Gasteiger partial charge in [-0.2, -0.15) is 0 Å². The molecule has 5 heteroatoms. The van der Waals surface area contributed by atoms with Crippen molar-refractivity contribution < 1.29 is 24.9 Å². The molecule has 3 N–H and O–H groups in total. The van der Waals surface area contributed by atoms with Crippen LogP contribution in [0.25, 0.3) is 0 Å². The van der Waals surface area contributed by atoms with E-state index < -0.39 is 18.2 Å².